The van der Waals surface area contributed by atoms with Crippen LogP contribution in [-0.2, 0) is 5.33 Å². The van der Waals surface area contributed by atoms with Crippen molar-refractivity contribution in [2.75, 3.05) is 6.79 Å². The van der Waals surface area contributed by atoms with Gasteiger partial charge in [0.25, 0.3) is 0 Å². The predicted molar refractivity (Wildman–Crippen MR) is 66.3 cm³/mol. The zero-order valence-corrected chi connectivity index (χ0v) is 10.7. The molecule has 16 heavy (non-hydrogen) atoms. The second-order valence-electron chi connectivity index (χ2n) is 3.33. The summed E-state index contributed by atoms with van der Waals surface area (Å²) in [6.45, 7) is 0.308. The maximum absolute atomic E-state index is 5.34. The minimum absolute atomic E-state index is 0.308. The molecule has 0 spiro atoms. The van der Waals surface area contributed by atoms with Gasteiger partial charge in [-0.25, -0.2) is 4.98 Å². The van der Waals surface area contributed by atoms with Crippen LogP contribution in [0.4, 0.5) is 0 Å². The standard InChI is InChI=1S/C11H8BrNO2S/c12-4-11-13-8(5-16-11)7-1-2-9-10(3-7)15-6-14-9/h1-3,5H,4,6H2. The lowest BCUT2D eigenvalue weighted by Gasteiger charge is -1.99. The monoisotopic (exact) mass is 297 g/mol. The highest BCUT2D eigenvalue weighted by Gasteiger charge is 2.14. The molecule has 0 fully saturated rings. The number of nitrogens with zero attached hydrogens (tertiary/aromatic N) is 1. The van der Waals surface area contributed by atoms with Crippen molar-refractivity contribution in [2.24, 2.45) is 0 Å². The summed E-state index contributed by atoms with van der Waals surface area (Å²) in [6, 6.07) is 5.89. The van der Waals surface area contributed by atoms with E-state index in [2.05, 4.69) is 20.9 Å². The average molecular weight is 298 g/mol. The highest BCUT2D eigenvalue weighted by molar-refractivity contribution is 9.08. The smallest absolute Gasteiger partial charge is 0.231 e. The van der Waals surface area contributed by atoms with Gasteiger partial charge < -0.3 is 9.47 Å². The summed E-state index contributed by atoms with van der Waals surface area (Å²) < 4.78 is 10.6. The molecule has 5 heteroatoms. The lowest BCUT2D eigenvalue weighted by molar-refractivity contribution is 0.174. The van der Waals surface area contributed by atoms with Crippen LogP contribution in [-0.4, -0.2) is 11.8 Å². The lowest BCUT2D eigenvalue weighted by atomic mass is 10.1. The van der Waals surface area contributed by atoms with Crippen LogP contribution in [0.3, 0.4) is 0 Å². The van der Waals surface area contributed by atoms with E-state index in [1.54, 1.807) is 11.3 Å². The predicted octanol–water partition coefficient (Wildman–Crippen LogP) is 3.43. The van der Waals surface area contributed by atoms with Crippen molar-refractivity contribution in [3.63, 3.8) is 0 Å². The van der Waals surface area contributed by atoms with Gasteiger partial charge in [0.2, 0.25) is 6.79 Å². The number of alkyl halides is 1. The van der Waals surface area contributed by atoms with Gasteiger partial charge in [-0.2, -0.15) is 0 Å². The molecule has 0 unspecified atom stereocenters. The minimum Gasteiger partial charge on any atom is -0.454 e. The molecule has 2 aromatic rings. The van der Waals surface area contributed by atoms with E-state index in [1.165, 1.54) is 0 Å². The molecular weight excluding hydrogens is 290 g/mol. The Balaban J connectivity index is 2.00. The molecular formula is C11H8BrNO2S. The molecule has 1 aliphatic heterocycles. The normalized spacial score (nSPS) is 13.1. The Morgan fingerprint density at radius 1 is 1.31 bits per heavy atom. The first-order chi connectivity index (χ1) is 7.86. The maximum atomic E-state index is 5.34. The second-order valence-corrected chi connectivity index (χ2v) is 4.83. The molecule has 1 aromatic carbocycles. The highest BCUT2D eigenvalue weighted by atomic mass is 79.9. The zero-order valence-electron chi connectivity index (χ0n) is 8.27. The van der Waals surface area contributed by atoms with E-state index in [-0.39, 0.29) is 0 Å². The van der Waals surface area contributed by atoms with Gasteiger partial charge in [-0.15, -0.1) is 11.3 Å². The third kappa shape index (κ3) is 1.70. The van der Waals surface area contributed by atoms with E-state index >= 15 is 0 Å². The van der Waals surface area contributed by atoms with Gasteiger partial charge in [0.15, 0.2) is 11.5 Å². The average Bonchev–Trinajstić information content (AvgIpc) is 2.96. The van der Waals surface area contributed by atoms with Crippen LogP contribution in [0, 0.1) is 0 Å². The van der Waals surface area contributed by atoms with Crippen LogP contribution in [0.2, 0.25) is 0 Å². The molecule has 82 valence electrons. The fourth-order valence-electron chi connectivity index (χ4n) is 1.56. The van der Waals surface area contributed by atoms with Crippen molar-refractivity contribution >= 4 is 27.3 Å². The molecule has 3 nitrogen and oxygen atoms in total. The van der Waals surface area contributed by atoms with Crippen molar-refractivity contribution < 1.29 is 9.47 Å². The summed E-state index contributed by atoms with van der Waals surface area (Å²) in [5, 5.41) is 3.92. The van der Waals surface area contributed by atoms with Gasteiger partial charge in [0, 0.05) is 10.9 Å². The Bertz CT molecular complexity index is 526. The topological polar surface area (TPSA) is 31.4 Å². The Hall–Kier alpha value is -1.07. The quantitative estimate of drug-likeness (QED) is 0.796. The molecule has 3 rings (SSSR count). The molecule has 0 atom stereocenters. The number of halogens is 1. The van der Waals surface area contributed by atoms with Gasteiger partial charge in [0.1, 0.15) is 5.01 Å². The molecule has 0 N–H and O–H groups in total. The molecule has 0 bridgehead atoms. The number of hydrogen-bond acceptors (Lipinski definition) is 4. The minimum atomic E-state index is 0.308. The van der Waals surface area contributed by atoms with E-state index < -0.39 is 0 Å². The molecule has 0 amide bonds. The van der Waals surface area contributed by atoms with Gasteiger partial charge in [0.05, 0.1) is 11.0 Å². The van der Waals surface area contributed by atoms with Crippen LogP contribution in [0.1, 0.15) is 5.01 Å². The van der Waals surface area contributed by atoms with Crippen LogP contribution in [0.5, 0.6) is 11.5 Å². The van der Waals surface area contributed by atoms with Gasteiger partial charge in [-0.05, 0) is 18.2 Å². The van der Waals surface area contributed by atoms with Crippen LogP contribution in [0.25, 0.3) is 11.3 Å². The molecule has 0 radical (unpaired) electrons. The van der Waals surface area contributed by atoms with Gasteiger partial charge in [-0.3, -0.25) is 0 Å². The first-order valence-electron chi connectivity index (χ1n) is 4.77. The van der Waals surface area contributed by atoms with E-state index in [0.717, 1.165) is 33.1 Å². The van der Waals surface area contributed by atoms with Crippen molar-refractivity contribution in [3.8, 4) is 22.8 Å². The molecule has 2 heterocycles. The van der Waals surface area contributed by atoms with E-state index in [9.17, 15) is 0 Å². The number of aromatic nitrogens is 1. The van der Waals surface area contributed by atoms with Crippen LogP contribution < -0.4 is 9.47 Å². The number of benzene rings is 1. The zero-order chi connectivity index (χ0) is 11.0. The Morgan fingerprint density at radius 2 is 2.19 bits per heavy atom. The number of rotatable bonds is 2. The van der Waals surface area contributed by atoms with Gasteiger partial charge in [-0.1, -0.05) is 15.9 Å². The summed E-state index contributed by atoms with van der Waals surface area (Å²) in [4.78, 5) is 4.50. The van der Waals surface area contributed by atoms with E-state index in [4.69, 9.17) is 9.47 Å². The Labute approximate surface area is 105 Å². The first-order valence-corrected chi connectivity index (χ1v) is 6.77. The third-order valence-corrected chi connectivity index (χ3v) is 4.09. The molecule has 0 aliphatic carbocycles. The summed E-state index contributed by atoms with van der Waals surface area (Å²) in [5.74, 6) is 1.60. The van der Waals surface area contributed by atoms with Crippen molar-refractivity contribution in [1.82, 2.24) is 4.98 Å². The first kappa shape index (κ1) is 10.1. The largest absolute Gasteiger partial charge is 0.454 e. The number of ether oxygens (including phenoxy) is 2. The van der Waals surface area contributed by atoms with Crippen LogP contribution in [0.15, 0.2) is 23.6 Å². The van der Waals surface area contributed by atoms with E-state index in [1.807, 2.05) is 23.6 Å². The Kier molecular flexibility index (Phi) is 2.57. The highest BCUT2D eigenvalue weighted by Crippen LogP contribution is 2.36. The van der Waals surface area contributed by atoms with Crippen molar-refractivity contribution in [2.45, 2.75) is 5.33 Å². The summed E-state index contributed by atoms with van der Waals surface area (Å²) in [7, 11) is 0. The maximum Gasteiger partial charge on any atom is 0.231 e. The number of thiazole rings is 1. The SMILES string of the molecule is BrCc1nc(-c2ccc3c(c2)OCO3)cs1. The number of hydrogen-bond donors (Lipinski definition) is 0. The fourth-order valence-corrected chi connectivity index (χ4v) is 2.73. The van der Waals surface area contributed by atoms with Gasteiger partial charge >= 0.3 is 0 Å². The molecule has 0 saturated heterocycles. The summed E-state index contributed by atoms with van der Waals surface area (Å²) in [5.41, 5.74) is 2.05. The summed E-state index contributed by atoms with van der Waals surface area (Å²) >= 11 is 5.04. The Morgan fingerprint density at radius 3 is 3.00 bits per heavy atom. The number of fused-ring (bicyclic) bond motifs is 1. The lowest BCUT2D eigenvalue weighted by Crippen LogP contribution is -1.92. The molecule has 1 aromatic heterocycles. The third-order valence-electron chi connectivity index (χ3n) is 2.33. The molecule has 0 saturated carbocycles. The van der Waals surface area contributed by atoms with E-state index in [0.29, 0.717) is 6.79 Å². The van der Waals surface area contributed by atoms with Crippen LogP contribution >= 0.6 is 27.3 Å². The summed E-state index contributed by atoms with van der Waals surface area (Å²) in [6.07, 6.45) is 0. The second kappa shape index (κ2) is 4.07. The molecule has 1 aliphatic rings. The van der Waals surface area contributed by atoms with Crippen molar-refractivity contribution in [3.05, 3.63) is 28.6 Å². The van der Waals surface area contributed by atoms with Crippen molar-refractivity contribution in [1.29, 1.82) is 0 Å². The fraction of sp³-hybridized carbons (Fsp3) is 0.182.